The van der Waals surface area contributed by atoms with Gasteiger partial charge in [0, 0.05) is 99.0 Å². The molecule has 2 aromatic heterocycles. The highest BCUT2D eigenvalue weighted by molar-refractivity contribution is 6.32. The molecule has 366 valence electrons. The number of rotatable bonds is 5. The number of H-pyrrole nitrogens is 2. The van der Waals surface area contributed by atoms with E-state index in [0.717, 1.165) is 82.6 Å². The second-order valence-corrected chi connectivity index (χ2v) is 18.2. The SMILES string of the molecule is C1CCOC1.Fc1ccccc1N1CCNCC1.O=C1c2ccccc2C(=O)c2c1ccc1[nH]c(CCl)nc21.O=C1c2ccccc2C(=O)c2c1ccc1[nH]c(CN3CCN(c4ccccc4F)CC3)nc21. The van der Waals surface area contributed by atoms with Crippen molar-refractivity contribution in [2.24, 2.45) is 0 Å². The lowest BCUT2D eigenvalue weighted by Gasteiger charge is -2.35. The van der Waals surface area contributed by atoms with Gasteiger partial charge in [-0.25, -0.2) is 18.7 Å². The molecule has 3 aliphatic heterocycles. The lowest BCUT2D eigenvalue weighted by molar-refractivity contribution is 0.0980. The Morgan fingerprint density at radius 3 is 1.39 bits per heavy atom. The minimum Gasteiger partial charge on any atom is -0.381 e. The molecule has 13 rings (SSSR count). The number of anilines is 2. The molecule has 3 fully saturated rings. The highest BCUT2D eigenvalue weighted by Gasteiger charge is 2.34. The summed E-state index contributed by atoms with van der Waals surface area (Å²) in [5.41, 5.74) is 7.17. The van der Waals surface area contributed by atoms with Gasteiger partial charge in [0.1, 0.15) is 34.3 Å². The molecule has 3 N–H and O–H groups in total. The predicted molar refractivity (Wildman–Crippen MR) is 274 cm³/mol. The Balaban J connectivity index is 0.000000129. The number of imidazole rings is 2. The summed E-state index contributed by atoms with van der Waals surface area (Å²) in [5, 5.41) is 3.24. The van der Waals surface area contributed by atoms with Crippen LogP contribution >= 0.6 is 11.6 Å². The van der Waals surface area contributed by atoms with Crippen molar-refractivity contribution in [3.05, 3.63) is 189 Å². The lowest BCUT2D eigenvalue weighted by Crippen LogP contribution is -2.46. The van der Waals surface area contributed by atoms with Crippen molar-refractivity contribution in [1.29, 1.82) is 0 Å². The number of alkyl halides is 1. The number of carbonyl (C=O) groups excluding carboxylic acids is 4. The van der Waals surface area contributed by atoms with E-state index >= 15 is 0 Å². The van der Waals surface area contributed by atoms with Crippen LogP contribution in [0.5, 0.6) is 0 Å². The summed E-state index contributed by atoms with van der Waals surface area (Å²) >= 11 is 5.78. The summed E-state index contributed by atoms with van der Waals surface area (Å²) in [5.74, 6) is 0.616. The maximum atomic E-state index is 14.1. The topological polar surface area (TPSA) is 157 Å². The number of hydrogen-bond acceptors (Lipinski definition) is 11. The Kier molecular flexibility index (Phi) is 14.4. The van der Waals surface area contributed by atoms with Crippen molar-refractivity contribution < 1.29 is 32.7 Å². The van der Waals surface area contributed by atoms with Gasteiger partial charge in [0.15, 0.2) is 23.1 Å². The van der Waals surface area contributed by atoms with Crippen molar-refractivity contribution in [2.75, 3.05) is 75.4 Å². The Hall–Kier alpha value is -7.43. The summed E-state index contributed by atoms with van der Waals surface area (Å²) in [6, 6.07) is 34.5. The fraction of sp³-hybridized carbons (Fsp3) is 0.250. The largest absolute Gasteiger partial charge is 0.381 e. The maximum absolute atomic E-state index is 14.1. The average molecular weight is 990 g/mol. The van der Waals surface area contributed by atoms with Crippen LogP contribution in [0.3, 0.4) is 0 Å². The van der Waals surface area contributed by atoms with Gasteiger partial charge in [0.05, 0.1) is 46.0 Å². The molecule has 13 nitrogen and oxygen atoms in total. The maximum Gasteiger partial charge on any atom is 0.196 e. The fourth-order valence-electron chi connectivity index (χ4n) is 9.74. The average Bonchev–Trinajstić information content (AvgIpc) is 4.24. The molecule has 2 aliphatic carbocycles. The van der Waals surface area contributed by atoms with Crippen LogP contribution in [0.15, 0.2) is 121 Å². The lowest BCUT2D eigenvalue weighted by atomic mass is 9.83. The fourth-order valence-corrected chi connectivity index (χ4v) is 9.86. The van der Waals surface area contributed by atoms with E-state index in [4.69, 9.17) is 21.3 Å². The third-order valence-corrected chi connectivity index (χ3v) is 13.6. The Morgan fingerprint density at radius 1 is 0.500 bits per heavy atom. The zero-order valence-corrected chi connectivity index (χ0v) is 40.1. The third-order valence-electron chi connectivity index (χ3n) is 13.4. The van der Waals surface area contributed by atoms with Gasteiger partial charge in [-0.05, 0) is 61.4 Å². The van der Waals surface area contributed by atoms with Gasteiger partial charge in [-0.1, -0.05) is 72.8 Å². The highest BCUT2D eigenvalue weighted by Crippen LogP contribution is 2.34. The second-order valence-electron chi connectivity index (χ2n) is 17.9. The molecule has 0 amide bonds. The summed E-state index contributed by atoms with van der Waals surface area (Å²) in [6.07, 6.45) is 2.56. The molecule has 0 bridgehead atoms. The van der Waals surface area contributed by atoms with Crippen LogP contribution in [-0.4, -0.2) is 114 Å². The van der Waals surface area contributed by atoms with Gasteiger partial charge in [0.2, 0.25) is 0 Å². The highest BCUT2D eigenvalue weighted by atomic mass is 35.5. The van der Waals surface area contributed by atoms with E-state index in [1.54, 1.807) is 78.9 Å². The summed E-state index contributed by atoms with van der Waals surface area (Å²) in [4.78, 5) is 73.3. The third kappa shape index (κ3) is 9.80. The second kappa shape index (κ2) is 21.5. The molecule has 0 radical (unpaired) electrons. The number of ketones is 4. The minimum absolute atomic E-state index is 0.121. The first-order valence-corrected chi connectivity index (χ1v) is 24.7. The Labute approximate surface area is 419 Å². The number of piperazine rings is 2. The first-order valence-electron chi connectivity index (χ1n) is 24.1. The van der Waals surface area contributed by atoms with Crippen LogP contribution in [0.4, 0.5) is 20.2 Å². The number of nitrogens with zero attached hydrogens (tertiary/aromatic N) is 5. The van der Waals surface area contributed by atoms with E-state index in [1.165, 1.54) is 25.0 Å². The number of fused-ring (bicyclic) bond motifs is 8. The molecule has 16 heteroatoms. The molecule has 3 saturated heterocycles. The van der Waals surface area contributed by atoms with Gasteiger partial charge in [0.25, 0.3) is 0 Å². The van der Waals surface area contributed by atoms with Crippen LogP contribution in [0.25, 0.3) is 22.1 Å². The number of aromatic amines is 2. The molecular weight excluding hydrogens is 938 g/mol. The smallest absolute Gasteiger partial charge is 0.196 e. The molecule has 0 saturated carbocycles. The van der Waals surface area contributed by atoms with Crippen molar-refractivity contribution in [1.82, 2.24) is 30.2 Å². The first-order chi connectivity index (χ1) is 35.2. The van der Waals surface area contributed by atoms with E-state index in [-0.39, 0.29) is 40.6 Å². The standard InChI is InChI=1S/C26H21FN4O2.C16H9ClN2O2.C10H13FN2.C4H8O/c27-19-7-3-4-8-21(19)31-13-11-30(12-14-31)15-22-28-20-10-9-18-23(24(20)29-22)26(33)17-6-2-1-5-16(17)25(18)32;17-7-12-18-11-6-5-10-13(14(11)19-12)16(21)9-4-2-1-3-8(9)15(10)20;11-9-3-1-2-4-10(9)13-7-5-12-6-8-13;1-2-4-5-3-1/h1-10H,11-15H2,(H,28,29);1-6H,7H2,(H,18,19);1-4,12H,5-8H2;1-4H2. The molecular formula is C56H51ClF2N8O5. The summed E-state index contributed by atoms with van der Waals surface area (Å²) in [6.45, 7) is 9.24. The Morgan fingerprint density at radius 2 is 0.931 bits per heavy atom. The molecule has 0 atom stereocenters. The number of carbonyl (C=O) groups is 4. The molecule has 6 aromatic carbocycles. The van der Waals surface area contributed by atoms with Crippen LogP contribution in [0.2, 0.25) is 0 Å². The number of nitrogens with one attached hydrogen (secondary N) is 3. The first kappa shape index (κ1) is 48.2. The van der Waals surface area contributed by atoms with E-state index < -0.39 is 0 Å². The van der Waals surface area contributed by atoms with Crippen molar-refractivity contribution in [3.8, 4) is 0 Å². The Bertz CT molecular complexity index is 3330. The molecule has 8 aromatic rings. The van der Waals surface area contributed by atoms with Crippen molar-refractivity contribution in [3.63, 3.8) is 0 Å². The van der Waals surface area contributed by atoms with Gasteiger partial charge in [-0.3, -0.25) is 24.1 Å². The number of hydrogen-bond donors (Lipinski definition) is 3. The van der Waals surface area contributed by atoms with Crippen molar-refractivity contribution in [2.45, 2.75) is 25.3 Å². The van der Waals surface area contributed by atoms with Gasteiger partial charge >= 0.3 is 0 Å². The van der Waals surface area contributed by atoms with E-state index in [0.29, 0.717) is 79.1 Å². The number of halogens is 3. The van der Waals surface area contributed by atoms with Crippen LogP contribution in [0, 0.1) is 11.6 Å². The van der Waals surface area contributed by atoms with Crippen LogP contribution < -0.4 is 15.1 Å². The quantitative estimate of drug-likeness (QED) is 0.142. The summed E-state index contributed by atoms with van der Waals surface area (Å²) in [7, 11) is 0. The van der Waals surface area contributed by atoms with Gasteiger partial charge in [-0.2, -0.15) is 0 Å². The van der Waals surface area contributed by atoms with E-state index in [1.807, 2.05) is 30.3 Å². The zero-order valence-electron chi connectivity index (χ0n) is 39.4. The van der Waals surface area contributed by atoms with Gasteiger partial charge < -0.3 is 29.8 Å². The number of para-hydroxylation sites is 2. The van der Waals surface area contributed by atoms with Crippen LogP contribution in [-0.2, 0) is 17.2 Å². The van der Waals surface area contributed by atoms with Crippen LogP contribution in [0.1, 0.15) is 88.2 Å². The van der Waals surface area contributed by atoms with Gasteiger partial charge in [-0.15, -0.1) is 11.6 Å². The van der Waals surface area contributed by atoms with Crippen molar-refractivity contribution >= 4 is 68.2 Å². The zero-order chi connectivity index (χ0) is 49.7. The molecule has 5 heterocycles. The predicted octanol–water partition coefficient (Wildman–Crippen LogP) is 8.91. The van der Waals surface area contributed by atoms with E-state index in [2.05, 4.69) is 35.0 Å². The number of benzene rings is 6. The minimum atomic E-state index is -0.200. The monoisotopic (exact) mass is 988 g/mol. The normalized spacial score (nSPS) is 16.2. The number of ether oxygens (including phenoxy) is 1. The summed E-state index contributed by atoms with van der Waals surface area (Å²) < 4.78 is 32.4. The molecule has 0 spiro atoms. The molecule has 72 heavy (non-hydrogen) atoms. The number of aromatic nitrogens is 4. The molecule has 5 aliphatic rings. The molecule has 0 unspecified atom stereocenters. The van der Waals surface area contributed by atoms with E-state index in [9.17, 15) is 28.0 Å².